The summed E-state index contributed by atoms with van der Waals surface area (Å²) in [6, 6.07) is 10.0. The first kappa shape index (κ1) is 16.9. The molecule has 1 amide bonds. The van der Waals surface area contributed by atoms with E-state index in [1.54, 1.807) is 4.90 Å². The fraction of sp³-hybridized carbons (Fsp3) is 0.556. The van der Waals surface area contributed by atoms with Crippen molar-refractivity contribution in [3.05, 3.63) is 35.9 Å². The number of carbonyl (C=O) groups is 2. The summed E-state index contributed by atoms with van der Waals surface area (Å²) in [5.74, 6) is -0.738. The van der Waals surface area contributed by atoms with Gasteiger partial charge in [0.05, 0.1) is 13.2 Å². The molecule has 0 radical (unpaired) electrons. The zero-order valence-corrected chi connectivity index (χ0v) is 13.6. The molecule has 6 nitrogen and oxygen atoms in total. The Balaban J connectivity index is 1.40. The number of carboxylic acid groups (broad SMARTS) is 1. The minimum absolute atomic E-state index is 0.0793. The Morgan fingerprint density at radius 2 is 1.92 bits per heavy atom. The van der Waals surface area contributed by atoms with Gasteiger partial charge in [0.25, 0.3) is 5.91 Å². The van der Waals surface area contributed by atoms with Gasteiger partial charge in [0.2, 0.25) is 0 Å². The van der Waals surface area contributed by atoms with Crippen molar-refractivity contribution in [2.45, 2.75) is 38.1 Å². The highest BCUT2D eigenvalue weighted by molar-refractivity contribution is 5.83. The van der Waals surface area contributed by atoms with Gasteiger partial charge >= 0.3 is 5.97 Å². The summed E-state index contributed by atoms with van der Waals surface area (Å²) in [7, 11) is 0. The number of hydrogen-bond donors (Lipinski definition) is 1. The minimum Gasteiger partial charge on any atom is -0.479 e. The largest absolute Gasteiger partial charge is 0.479 e. The molecular weight excluding hydrogens is 310 g/mol. The second-order valence-electron chi connectivity index (χ2n) is 6.47. The third kappa shape index (κ3) is 4.13. The molecule has 3 rings (SSSR count). The fourth-order valence-electron chi connectivity index (χ4n) is 3.29. The summed E-state index contributed by atoms with van der Waals surface area (Å²) >= 11 is 0. The molecule has 2 saturated heterocycles. The zero-order chi connectivity index (χ0) is 16.9. The molecule has 2 aliphatic heterocycles. The van der Waals surface area contributed by atoms with Crippen molar-refractivity contribution in [3.63, 3.8) is 0 Å². The first-order chi connectivity index (χ1) is 11.6. The van der Waals surface area contributed by atoms with E-state index in [-0.39, 0.29) is 5.91 Å². The van der Waals surface area contributed by atoms with Crippen LogP contribution in [0.15, 0.2) is 30.3 Å². The van der Waals surface area contributed by atoms with E-state index < -0.39 is 18.2 Å². The molecule has 1 aromatic carbocycles. The molecule has 0 aromatic heterocycles. The highest BCUT2D eigenvalue weighted by Gasteiger charge is 2.38. The normalized spacial score (nSPS) is 26.7. The van der Waals surface area contributed by atoms with Gasteiger partial charge in [-0.1, -0.05) is 30.3 Å². The van der Waals surface area contributed by atoms with E-state index in [9.17, 15) is 9.59 Å². The maximum Gasteiger partial charge on any atom is 0.332 e. The fourth-order valence-corrected chi connectivity index (χ4v) is 3.29. The topological polar surface area (TPSA) is 76.1 Å². The molecule has 2 heterocycles. The number of carbonyl (C=O) groups excluding carboxylic acids is 1. The summed E-state index contributed by atoms with van der Waals surface area (Å²) in [6.07, 6.45) is 0.363. The molecule has 3 atom stereocenters. The molecule has 0 saturated carbocycles. The number of nitrogens with zero attached hydrogens (tertiary/aromatic N) is 1. The van der Waals surface area contributed by atoms with Crippen molar-refractivity contribution in [2.75, 3.05) is 19.7 Å². The number of hydrogen-bond acceptors (Lipinski definition) is 4. The van der Waals surface area contributed by atoms with Crippen LogP contribution >= 0.6 is 0 Å². The van der Waals surface area contributed by atoms with E-state index in [0.717, 1.165) is 12.0 Å². The van der Waals surface area contributed by atoms with Gasteiger partial charge in [-0.3, -0.25) is 4.79 Å². The van der Waals surface area contributed by atoms with Gasteiger partial charge in [0.15, 0.2) is 6.10 Å². The van der Waals surface area contributed by atoms with Crippen molar-refractivity contribution in [2.24, 2.45) is 5.92 Å². The van der Waals surface area contributed by atoms with E-state index in [2.05, 4.69) is 0 Å². The van der Waals surface area contributed by atoms with Crippen LogP contribution < -0.4 is 0 Å². The van der Waals surface area contributed by atoms with Gasteiger partial charge < -0.3 is 19.5 Å². The molecule has 1 aromatic rings. The second-order valence-corrected chi connectivity index (χ2v) is 6.47. The average Bonchev–Trinajstić information content (AvgIpc) is 3.25. The van der Waals surface area contributed by atoms with Gasteiger partial charge in [-0.05, 0) is 24.8 Å². The van der Waals surface area contributed by atoms with Crippen molar-refractivity contribution < 1.29 is 24.2 Å². The lowest BCUT2D eigenvalue weighted by Crippen LogP contribution is -2.38. The Labute approximate surface area is 141 Å². The molecule has 1 N–H and O–H groups in total. The van der Waals surface area contributed by atoms with Gasteiger partial charge in [0.1, 0.15) is 6.10 Å². The van der Waals surface area contributed by atoms with E-state index in [0.29, 0.717) is 45.1 Å². The predicted octanol–water partition coefficient (Wildman–Crippen LogP) is 1.68. The van der Waals surface area contributed by atoms with Crippen LogP contribution in [0.25, 0.3) is 0 Å². The first-order valence-corrected chi connectivity index (χ1v) is 8.42. The summed E-state index contributed by atoms with van der Waals surface area (Å²) in [5, 5.41) is 8.94. The summed E-state index contributed by atoms with van der Waals surface area (Å²) in [4.78, 5) is 25.1. The third-order valence-electron chi connectivity index (χ3n) is 4.63. The Kier molecular flexibility index (Phi) is 5.48. The first-order valence-electron chi connectivity index (χ1n) is 8.42. The summed E-state index contributed by atoms with van der Waals surface area (Å²) in [5.41, 5.74) is 1.14. The predicted molar refractivity (Wildman–Crippen MR) is 86.3 cm³/mol. The number of benzene rings is 1. The quantitative estimate of drug-likeness (QED) is 0.857. The molecule has 1 unspecified atom stereocenters. The van der Waals surface area contributed by atoms with Gasteiger partial charge in [-0.2, -0.15) is 0 Å². The lowest BCUT2D eigenvalue weighted by molar-refractivity contribution is -0.154. The number of ether oxygens (including phenoxy) is 2. The van der Waals surface area contributed by atoms with Crippen molar-refractivity contribution in [3.8, 4) is 0 Å². The molecular formula is C18H23NO5. The van der Waals surface area contributed by atoms with Crippen LogP contribution in [-0.4, -0.2) is 53.8 Å². The molecule has 24 heavy (non-hydrogen) atoms. The van der Waals surface area contributed by atoms with Crippen molar-refractivity contribution in [1.29, 1.82) is 0 Å². The molecule has 2 aliphatic rings. The van der Waals surface area contributed by atoms with Crippen LogP contribution in [0.5, 0.6) is 0 Å². The number of rotatable bonds is 6. The van der Waals surface area contributed by atoms with Gasteiger partial charge in [-0.25, -0.2) is 4.79 Å². The van der Waals surface area contributed by atoms with Crippen LogP contribution in [0.4, 0.5) is 0 Å². The lowest BCUT2D eigenvalue weighted by Gasteiger charge is -2.20. The Morgan fingerprint density at radius 3 is 2.62 bits per heavy atom. The van der Waals surface area contributed by atoms with Crippen molar-refractivity contribution >= 4 is 11.9 Å². The maximum atomic E-state index is 12.4. The monoisotopic (exact) mass is 333 g/mol. The third-order valence-corrected chi connectivity index (χ3v) is 4.63. The average molecular weight is 333 g/mol. The van der Waals surface area contributed by atoms with Gasteiger partial charge in [0, 0.05) is 19.0 Å². The van der Waals surface area contributed by atoms with E-state index in [1.807, 2.05) is 30.3 Å². The SMILES string of the molecule is O=C(O)[C@H]1CC[C@@H](C(=O)N2CCC(COCc3ccccc3)C2)O1. The Bertz CT molecular complexity index is 576. The van der Waals surface area contributed by atoms with Crippen LogP contribution in [0.2, 0.25) is 0 Å². The molecule has 2 fully saturated rings. The number of aliphatic carboxylic acids is 1. The van der Waals surface area contributed by atoms with Crippen LogP contribution in [0.1, 0.15) is 24.8 Å². The van der Waals surface area contributed by atoms with E-state index in [1.165, 1.54) is 0 Å². The molecule has 130 valence electrons. The van der Waals surface area contributed by atoms with Gasteiger partial charge in [-0.15, -0.1) is 0 Å². The Morgan fingerprint density at radius 1 is 1.17 bits per heavy atom. The number of amides is 1. The summed E-state index contributed by atoms with van der Waals surface area (Å²) in [6.45, 7) is 2.56. The smallest absolute Gasteiger partial charge is 0.332 e. The Hall–Kier alpha value is -1.92. The summed E-state index contributed by atoms with van der Waals surface area (Å²) < 4.78 is 11.1. The maximum absolute atomic E-state index is 12.4. The molecule has 0 bridgehead atoms. The highest BCUT2D eigenvalue weighted by atomic mass is 16.5. The lowest BCUT2D eigenvalue weighted by atomic mass is 10.1. The number of likely N-dealkylation sites (tertiary alicyclic amines) is 1. The van der Waals surface area contributed by atoms with E-state index >= 15 is 0 Å². The van der Waals surface area contributed by atoms with Crippen molar-refractivity contribution in [1.82, 2.24) is 4.90 Å². The standard InChI is InChI=1S/C18H23NO5/c20-17(15-6-7-16(24-15)18(21)22)19-9-8-14(10-19)12-23-11-13-4-2-1-3-5-13/h1-5,14-16H,6-12H2,(H,21,22)/t14?,15-,16+/m0/s1. The zero-order valence-electron chi connectivity index (χ0n) is 13.6. The van der Waals surface area contributed by atoms with Crippen LogP contribution in [0, 0.1) is 5.92 Å². The van der Waals surface area contributed by atoms with Crippen LogP contribution in [0.3, 0.4) is 0 Å². The number of carboxylic acids is 1. The minimum atomic E-state index is -0.987. The molecule has 0 aliphatic carbocycles. The molecule has 6 heteroatoms. The van der Waals surface area contributed by atoms with E-state index in [4.69, 9.17) is 14.6 Å². The molecule has 0 spiro atoms. The second kappa shape index (κ2) is 7.77. The highest BCUT2D eigenvalue weighted by Crippen LogP contribution is 2.25. The van der Waals surface area contributed by atoms with Crippen LogP contribution in [-0.2, 0) is 25.7 Å².